The Morgan fingerprint density at radius 2 is 2.00 bits per heavy atom. The van der Waals surface area contributed by atoms with E-state index < -0.39 is 0 Å². The predicted octanol–water partition coefficient (Wildman–Crippen LogP) is -0.0236. The molecule has 2 N–H and O–H groups in total. The molecule has 3 fully saturated rings. The normalized spacial score (nSPS) is 51.3. The Balaban J connectivity index is 1.51. The van der Waals surface area contributed by atoms with Gasteiger partial charge in [0.05, 0.1) is 0 Å². The zero-order valence-corrected chi connectivity index (χ0v) is 7.92. The van der Waals surface area contributed by atoms with E-state index in [0.717, 1.165) is 31.3 Å². The van der Waals surface area contributed by atoms with Crippen molar-refractivity contribution < 1.29 is 4.79 Å². The maximum atomic E-state index is 11.6. The standard InChI is InChI=1S/C10H16N2O/c1-5-2-6(5)10(13)12-9-7-3-11-4-8(7)9/h5-9,11H,2-4H2,1H3,(H,12,13). The lowest BCUT2D eigenvalue weighted by molar-refractivity contribution is -0.122. The summed E-state index contributed by atoms with van der Waals surface area (Å²) in [7, 11) is 0. The second kappa shape index (κ2) is 2.47. The van der Waals surface area contributed by atoms with Crippen LogP contribution in [0.3, 0.4) is 0 Å². The van der Waals surface area contributed by atoms with Gasteiger partial charge in [0.15, 0.2) is 0 Å². The molecule has 72 valence electrons. The van der Waals surface area contributed by atoms with Crippen LogP contribution in [-0.2, 0) is 4.79 Å². The Morgan fingerprint density at radius 1 is 1.38 bits per heavy atom. The average Bonchev–Trinajstić information content (AvgIpc) is 2.92. The Hall–Kier alpha value is -0.570. The summed E-state index contributed by atoms with van der Waals surface area (Å²) < 4.78 is 0. The summed E-state index contributed by atoms with van der Waals surface area (Å²) >= 11 is 0. The molecule has 1 heterocycles. The zero-order valence-electron chi connectivity index (χ0n) is 7.92. The lowest BCUT2D eigenvalue weighted by atomic mass is 10.3. The third-order valence-electron chi connectivity index (χ3n) is 3.85. The first-order valence-electron chi connectivity index (χ1n) is 5.28. The topological polar surface area (TPSA) is 41.1 Å². The summed E-state index contributed by atoms with van der Waals surface area (Å²) in [5.74, 6) is 2.79. The fourth-order valence-corrected chi connectivity index (χ4v) is 2.59. The van der Waals surface area contributed by atoms with Crippen LogP contribution in [0.4, 0.5) is 0 Å². The maximum Gasteiger partial charge on any atom is 0.223 e. The molecule has 0 radical (unpaired) electrons. The van der Waals surface area contributed by atoms with Crippen LogP contribution in [0.2, 0.25) is 0 Å². The molecule has 4 atom stereocenters. The molecule has 1 aliphatic heterocycles. The van der Waals surface area contributed by atoms with Crippen LogP contribution < -0.4 is 10.6 Å². The van der Waals surface area contributed by atoms with Gasteiger partial charge in [-0.15, -0.1) is 0 Å². The van der Waals surface area contributed by atoms with E-state index in [1.807, 2.05) is 0 Å². The lowest BCUT2D eigenvalue weighted by Gasteiger charge is -2.06. The molecule has 0 aromatic heterocycles. The van der Waals surface area contributed by atoms with E-state index >= 15 is 0 Å². The molecule has 13 heavy (non-hydrogen) atoms. The number of rotatable bonds is 2. The Morgan fingerprint density at radius 3 is 2.54 bits per heavy atom. The number of hydrogen-bond acceptors (Lipinski definition) is 2. The minimum absolute atomic E-state index is 0.312. The molecule has 4 unspecified atom stereocenters. The van der Waals surface area contributed by atoms with Crippen molar-refractivity contribution in [3.05, 3.63) is 0 Å². The Bertz CT molecular complexity index is 243. The van der Waals surface area contributed by atoms with Gasteiger partial charge in [0.2, 0.25) is 5.91 Å². The average molecular weight is 180 g/mol. The number of nitrogens with one attached hydrogen (secondary N) is 2. The lowest BCUT2D eigenvalue weighted by Crippen LogP contribution is -2.33. The molecule has 0 bridgehead atoms. The third kappa shape index (κ3) is 1.17. The smallest absolute Gasteiger partial charge is 0.223 e. The van der Waals surface area contributed by atoms with Crippen molar-refractivity contribution in [2.24, 2.45) is 23.7 Å². The summed E-state index contributed by atoms with van der Waals surface area (Å²) in [5, 5.41) is 6.50. The first-order valence-corrected chi connectivity index (χ1v) is 5.28. The molecule has 1 amide bonds. The van der Waals surface area contributed by atoms with Crippen molar-refractivity contribution in [3.8, 4) is 0 Å². The quantitative estimate of drug-likeness (QED) is 0.627. The van der Waals surface area contributed by atoms with Gasteiger partial charge in [-0.05, 0) is 24.2 Å². The molecule has 3 aliphatic rings. The molecule has 2 saturated carbocycles. The molecule has 1 saturated heterocycles. The molecular weight excluding hydrogens is 164 g/mol. The van der Waals surface area contributed by atoms with E-state index in [2.05, 4.69) is 17.6 Å². The molecule has 0 aromatic carbocycles. The third-order valence-corrected chi connectivity index (χ3v) is 3.85. The molecule has 0 spiro atoms. The summed E-state index contributed by atoms with van der Waals surface area (Å²) in [4.78, 5) is 11.6. The Labute approximate surface area is 78.3 Å². The van der Waals surface area contributed by atoms with Gasteiger partial charge < -0.3 is 10.6 Å². The van der Waals surface area contributed by atoms with Gasteiger partial charge in [0.25, 0.3) is 0 Å². The Kier molecular flexibility index (Phi) is 1.48. The minimum Gasteiger partial charge on any atom is -0.352 e. The minimum atomic E-state index is 0.312. The van der Waals surface area contributed by atoms with Gasteiger partial charge in [-0.1, -0.05) is 6.92 Å². The van der Waals surface area contributed by atoms with Crippen molar-refractivity contribution in [2.45, 2.75) is 19.4 Å². The van der Waals surface area contributed by atoms with Crippen LogP contribution in [0.5, 0.6) is 0 Å². The van der Waals surface area contributed by atoms with Gasteiger partial charge in [0, 0.05) is 25.0 Å². The van der Waals surface area contributed by atoms with Crippen LogP contribution in [0, 0.1) is 23.7 Å². The predicted molar refractivity (Wildman–Crippen MR) is 49.1 cm³/mol. The fourth-order valence-electron chi connectivity index (χ4n) is 2.59. The first kappa shape index (κ1) is 7.80. The number of fused-ring (bicyclic) bond motifs is 1. The van der Waals surface area contributed by atoms with Crippen molar-refractivity contribution in [1.29, 1.82) is 0 Å². The number of amides is 1. The molecule has 3 rings (SSSR count). The van der Waals surface area contributed by atoms with Crippen molar-refractivity contribution in [3.63, 3.8) is 0 Å². The molecular formula is C10H16N2O. The summed E-state index contributed by atoms with van der Waals surface area (Å²) in [6, 6.07) is 0.515. The van der Waals surface area contributed by atoms with Gasteiger partial charge >= 0.3 is 0 Å². The highest BCUT2D eigenvalue weighted by atomic mass is 16.2. The first-order chi connectivity index (χ1) is 6.27. The largest absolute Gasteiger partial charge is 0.352 e. The number of carbonyl (C=O) groups is 1. The van der Waals surface area contributed by atoms with Gasteiger partial charge in [-0.25, -0.2) is 0 Å². The fraction of sp³-hybridized carbons (Fsp3) is 0.900. The second-order valence-electron chi connectivity index (χ2n) is 4.84. The van der Waals surface area contributed by atoms with Gasteiger partial charge in [-0.3, -0.25) is 4.79 Å². The highest BCUT2D eigenvalue weighted by Crippen LogP contribution is 2.43. The van der Waals surface area contributed by atoms with Crippen molar-refractivity contribution in [1.82, 2.24) is 10.6 Å². The monoisotopic (exact) mass is 180 g/mol. The molecule has 3 heteroatoms. The zero-order chi connectivity index (χ0) is 9.00. The van der Waals surface area contributed by atoms with E-state index in [9.17, 15) is 4.79 Å². The maximum absolute atomic E-state index is 11.6. The van der Waals surface area contributed by atoms with E-state index in [4.69, 9.17) is 0 Å². The summed E-state index contributed by atoms with van der Waals surface area (Å²) in [6.07, 6.45) is 1.10. The van der Waals surface area contributed by atoms with Crippen LogP contribution in [-0.4, -0.2) is 25.0 Å². The molecule has 2 aliphatic carbocycles. The molecule has 3 nitrogen and oxygen atoms in total. The van der Waals surface area contributed by atoms with E-state index in [1.54, 1.807) is 0 Å². The van der Waals surface area contributed by atoms with E-state index in [1.165, 1.54) is 0 Å². The highest BCUT2D eigenvalue weighted by molar-refractivity contribution is 5.82. The SMILES string of the molecule is CC1CC1C(=O)NC1C2CNCC21. The summed E-state index contributed by atoms with van der Waals surface area (Å²) in [5.41, 5.74) is 0. The number of hydrogen-bond donors (Lipinski definition) is 2. The van der Waals surface area contributed by atoms with Crippen LogP contribution >= 0.6 is 0 Å². The molecule has 0 aromatic rings. The second-order valence-corrected chi connectivity index (χ2v) is 4.84. The van der Waals surface area contributed by atoms with Gasteiger partial charge in [-0.2, -0.15) is 0 Å². The summed E-state index contributed by atoms with van der Waals surface area (Å²) in [6.45, 7) is 4.37. The van der Waals surface area contributed by atoms with Crippen LogP contribution in [0.15, 0.2) is 0 Å². The van der Waals surface area contributed by atoms with Crippen LogP contribution in [0.25, 0.3) is 0 Å². The highest BCUT2D eigenvalue weighted by Gasteiger charge is 2.54. The number of carbonyl (C=O) groups excluding carboxylic acids is 1. The number of piperidine rings is 1. The van der Waals surface area contributed by atoms with Crippen molar-refractivity contribution >= 4 is 5.91 Å². The van der Waals surface area contributed by atoms with E-state index in [0.29, 0.717) is 23.8 Å². The van der Waals surface area contributed by atoms with E-state index in [-0.39, 0.29) is 0 Å². The van der Waals surface area contributed by atoms with Gasteiger partial charge in [0.1, 0.15) is 0 Å². The van der Waals surface area contributed by atoms with Crippen LogP contribution in [0.1, 0.15) is 13.3 Å². The van der Waals surface area contributed by atoms with Crippen molar-refractivity contribution in [2.75, 3.05) is 13.1 Å².